The van der Waals surface area contributed by atoms with Gasteiger partial charge in [-0.1, -0.05) is 29.8 Å². The minimum absolute atomic E-state index is 0.415. The largest absolute Gasteiger partial charge is 0.496 e. The SMILES string of the molecule is CCNC1c2c(Br)ccc(OC)c2CSC1CC. The molecule has 2 rings (SSSR count). The van der Waals surface area contributed by atoms with E-state index in [9.17, 15) is 0 Å². The predicted octanol–water partition coefficient (Wildman–Crippen LogP) is 4.13. The second-order valence-electron chi connectivity index (χ2n) is 4.43. The van der Waals surface area contributed by atoms with Crippen LogP contribution < -0.4 is 10.1 Å². The Balaban J connectivity index is 2.48. The minimum Gasteiger partial charge on any atom is -0.496 e. The van der Waals surface area contributed by atoms with Gasteiger partial charge in [0.25, 0.3) is 0 Å². The van der Waals surface area contributed by atoms with Gasteiger partial charge in [-0.15, -0.1) is 0 Å². The Morgan fingerprint density at radius 2 is 2.22 bits per heavy atom. The molecule has 1 aliphatic heterocycles. The van der Waals surface area contributed by atoms with E-state index >= 15 is 0 Å². The molecule has 2 atom stereocenters. The van der Waals surface area contributed by atoms with E-state index in [1.807, 2.05) is 11.8 Å². The molecule has 0 radical (unpaired) electrons. The maximum Gasteiger partial charge on any atom is 0.123 e. The molecule has 0 saturated heterocycles. The lowest BCUT2D eigenvalue weighted by Crippen LogP contribution is -2.33. The number of halogens is 1. The Morgan fingerprint density at radius 1 is 1.44 bits per heavy atom. The summed E-state index contributed by atoms with van der Waals surface area (Å²) in [4.78, 5) is 0. The first-order chi connectivity index (χ1) is 8.72. The highest BCUT2D eigenvalue weighted by Gasteiger charge is 2.31. The van der Waals surface area contributed by atoms with Crippen molar-refractivity contribution < 1.29 is 4.74 Å². The molecular weight excluding hydrogens is 310 g/mol. The summed E-state index contributed by atoms with van der Waals surface area (Å²) < 4.78 is 6.70. The molecule has 0 aromatic heterocycles. The highest BCUT2D eigenvalue weighted by atomic mass is 79.9. The first-order valence-electron chi connectivity index (χ1n) is 6.43. The number of benzene rings is 1. The van der Waals surface area contributed by atoms with E-state index in [4.69, 9.17) is 4.74 Å². The average molecular weight is 330 g/mol. The fraction of sp³-hybridized carbons (Fsp3) is 0.571. The molecule has 2 unspecified atom stereocenters. The molecular formula is C14H20BrNOS. The van der Waals surface area contributed by atoms with Gasteiger partial charge in [0, 0.05) is 27.1 Å². The molecule has 1 aromatic rings. The van der Waals surface area contributed by atoms with Crippen molar-refractivity contribution in [2.45, 2.75) is 37.3 Å². The summed E-state index contributed by atoms with van der Waals surface area (Å²) in [6, 6.07) is 4.57. The summed E-state index contributed by atoms with van der Waals surface area (Å²) in [6.45, 7) is 5.42. The molecule has 0 amide bonds. The Morgan fingerprint density at radius 3 is 2.83 bits per heavy atom. The zero-order valence-corrected chi connectivity index (χ0v) is 13.5. The lowest BCUT2D eigenvalue weighted by molar-refractivity contribution is 0.407. The van der Waals surface area contributed by atoms with Crippen molar-refractivity contribution in [3.8, 4) is 5.75 Å². The highest BCUT2D eigenvalue weighted by molar-refractivity contribution is 9.10. The van der Waals surface area contributed by atoms with Crippen molar-refractivity contribution in [1.82, 2.24) is 5.32 Å². The summed E-state index contributed by atoms with van der Waals surface area (Å²) in [6.07, 6.45) is 1.19. The third kappa shape index (κ3) is 2.56. The average Bonchev–Trinajstić information content (AvgIpc) is 2.39. The van der Waals surface area contributed by atoms with Crippen molar-refractivity contribution in [2.75, 3.05) is 13.7 Å². The van der Waals surface area contributed by atoms with Crippen molar-refractivity contribution in [3.05, 3.63) is 27.7 Å². The number of hydrogen-bond donors (Lipinski definition) is 1. The molecule has 2 nitrogen and oxygen atoms in total. The lowest BCUT2D eigenvalue weighted by atomic mass is 9.95. The number of methoxy groups -OCH3 is 1. The van der Waals surface area contributed by atoms with Gasteiger partial charge in [0.1, 0.15) is 5.75 Å². The summed E-state index contributed by atoms with van der Waals surface area (Å²) in [5.41, 5.74) is 2.73. The van der Waals surface area contributed by atoms with Gasteiger partial charge in [0.2, 0.25) is 0 Å². The quantitative estimate of drug-likeness (QED) is 0.897. The fourth-order valence-electron chi connectivity index (χ4n) is 2.57. The first-order valence-corrected chi connectivity index (χ1v) is 8.27. The molecule has 4 heteroatoms. The van der Waals surface area contributed by atoms with Gasteiger partial charge < -0.3 is 10.1 Å². The van der Waals surface area contributed by atoms with E-state index in [0.29, 0.717) is 11.3 Å². The smallest absolute Gasteiger partial charge is 0.123 e. The number of hydrogen-bond acceptors (Lipinski definition) is 3. The van der Waals surface area contributed by atoms with Crippen LogP contribution in [0.5, 0.6) is 5.75 Å². The van der Waals surface area contributed by atoms with Crippen molar-refractivity contribution in [1.29, 1.82) is 0 Å². The maximum atomic E-state index is 5.50. The van der Waals surface area contributed by atoms with E-state index in [2.05, 4.69) is 47.2 Å². The lowest BCUT2D eigenvalue weighted by Gasteiger charge is -2.34. The second-order valence-corrected chi connectivity index (χ2v) is 6.52. The molecule has 0 bridgehead atoms. The van der Waals surface area contributed by atoms with Crippen molar-refractivity contribution in [3.63, 3.8) is 0 Å². The van der Waals surface area contributed by atoms with Gasteiger partial charge in [0.05, 0.1) is 7.11 Å². The van der Waals surface area contributed by atoms with Crippen LogP contribution >= 0.6 is 27.7 Å². The van der Waals surface area contributed by atoms with Gasteiger partial charge in [-0.25, -0.2) is 0 Å². The number of ether oxygens (including phenoxy) is 1. The van der Waals surface area contributed by atoms with Gasteiger partial charge in [-0.05, 0) is 30.7 Å². The first kappa shape index (κ1) is 14.2. The summed E-state index contributed by atoms with van der Waals surface area (Å²) in [5, 5.41) is 4.27. The van der Waals surface area contributed by atoms with Crippen molar-refractivity contribution >= 4 is 27.7 Å². The van der Waals surface area contributed by atoms with Crippen LogP contribution in [-0.2, 0) is 5.75 Å². The Bertz CT molecular complexity index is 425. The molecule has 1 N–H and O–H groups in total. The van der Waals surface area contributed by atoms with Crippen molar-refractivity contribution in [2.24, 2.45) is 0 Å². The Labute approximate surface area is 122 Å². The van der Waals surface area contributed by atoms with Gasteiger partial charge in [-0.2, -0.15) is 11.8 Å². The molecule has 0 saturated carbocycles. The van der Waals surface area contributed by atoms with Crippen LogP contribution in [0, 0.1) is 0 Å². The third-order valence-electron chi connectivity index (χ3n) is 3.43. The van der Waals surface area contributed by atoms with Crippen LogP contribution in [0.3, 0.4) is 0 Å². The number of nitrogens with one attached hydrogen (secondary N) is 1. The van der Waals surface area contributed by atoms with E-state index in [0.717, 1.165) is 18.0 Å². The van der Waals surface area contributed by atoms with E-state index in [1.54, 1.807) is 7.11 Å². The molecule has 1 aromatic carbocycles. The molecule has 0 spiro atoms. The van der Waals surface area contributed by atoms with Crippen LogP contribution in [0.1, 0.15) is 37.4 Å². The zero-order valence-electron chi connectivity index (χ0n) is 11.1. The molecule has 0 aliphatic carbocycles. The number of fused-ring (bicyclic) bond motifs is 1. The molecule has 1 heterocycles. The van der Waals surface area contributed by atoms with Crippen LogP contribution in [0.2, 0.25) is 0 Å². The molecule has 100 valence electrons. The molecule has 18 heavy (non-hydrogen) atoms. The molecule has 0 fully saturated rings. The van der Waals surface area contributed by atoms with Crippen LogP contribution in [0.25, 0.3) is 0 Å². The summed E-state index contributed by atoms with van der Waals surface area (Å²) >= 11 is 5.74. The summed E-state index contributed by atoms with van der Waals surface area (Å²) in [5.74, 6) is 2.05. The van der Waals surface area contributed by atoms with E-state index in [-0.39, 0.29) is 0 Å². The predicted molar refractivity (Wildman–Crippen MR) is 82.5 cm³/mol. The van der Waals surface area contributed by atoms with E-state index < -0.39 is 0 Å². The zero-order chi connectivity index (χ0) is 13.1. The molecule has 1 aliphatic rings. The third-order valence-corrected chi connectivity index (χ3v) is 5.61. The van der Waals surface area contributed by atoms with Gasteiger partial charge in [0.15, 0.2) is 0 Å². The standard InChI is InChI=1S/C14H20BrNOS/c1-4-12-14(16-5-2)13-9(8-18-12)11(17-3)7-6-10(13)15/h6-7,12,14,16H,4-5,8H2,1-3H3. The van der Waals surface area contributed by atoms with Gasteiger partial charge >= 0.3 is 0 Å². The number of thioether (sulfide) groups is 1. The second kappa shape index (κ2) is 6.31. The Hall–Kier alpha value is -0.190. The summed E-state index contributed by atoms with van der Waals surface area (Å²) in [7, 11) is 1.75. The van der Waals surface area contributed by atoms with E-state index in [1.165, 1.54) is 22.0 Å². The van der Waals surface area contributed by atoms with Gasteiger partial charge in [-0.3, -0.25) is 0 Å². The highest BCUT2D eigenvalue weighted by Crippen LogP contribution is 2.45. The minimum atomic E-state index is 0.415. The maximum absolute atomic E-state index is 5.50. The van der Waals surface area contributed by atoms with Crippen LogP contribution in [-0.4, -0.2) is 18.9 Å². The van der Waals surface area contributed by atoms with Crippen LogP contribution in [0.4, 0.5) is 0 Å². The number of rotatable bonds is 4. The van der Waals surface area contributed by atoms with Crippen LogP contribution in [0.15, 0.2) is 16.6 Å². The normalized spacial score (nSPS) is 22.7. The Kier molecular flexibility index (Phi) is 4.98. The monoisotopic (exact) mass is 329 g/mol. The fourth-order valence-corrected chi connectivity index (χ4v) is 4.53. The topological polar surface area (TPSA) is 21.3 Å².